The van der Waals surface area contributed by atoms with E-state index in [4.69, 9.17) is 11.6 Å². The summed E-state index contributed by atoms with van der Waals surface area (Å²) in [5, 5.41) is -0.547. The maximum absolute atomic E-state index is 11.0. The van der Waals surface area contributed by atoms with Crippen LogP contribution in [0.15, 0.2) is 30.9 Å². The number of carbonyl (C=O) groups excluding carboxylic acids is 1. The lowest BCUT2D eigenvalue weighted by Crippen LogP contribution is -1.97. The molecular weight excluding hydrogens is 238 g/mol. The second-order valence-electron chi connectivity index (χ2n) is 4.15. The first-order valence-corrected chi connectivity index (χ1v) is 5.82. The normalized spacial score (nSPS) is 14.9. The van der Waals surface area contributed by atoms with Crippen molar-refractivity contribution >= 4 is 16.8 Å². The Morgan fingerprint density at radius 3 is 2.94 bits per heavy atom. The second kappa shape index (κ2) is 3.96. The SMILES string of the molecule is O=C(Cl)c1cc(-n2cnc(C3CC3)c2)ccn1. The van der Waals surface area contributed by atoms with Crippen molar-refractivity contribution in [2.75, 3.05) is 0 Å². The van der Waals surface area contributed by atoms with Crippen molar-refractivity contribution < 1.29 is 4.79 Å². The third kappa shape index (κ3) is 2.08. The van der Waals surface area contributed by atoms with Gasteiger partial charge in [-0.25, -0.2) is 4.98 Å². The van der Waals surface area contributed by atoms with Crippen LogP contribution in [0.1, 0.15) is 34.9 Å². The minimum atomic E-state index is -0.547. The third-order valence-corrected chi connectivity index (χ3v) is 3.03. The number of aromatic nitrogens is 3. The van der Waals surface area contributed by atoms with Gasteiger partial charge in [-0.2, -0.15) is 0 Å². The van der Waals surface area contributed by atoms with Crippen molar-refractivity contribution in [2.45, 2.75) is 18.8 Å². The van der Waals surface area contributed by atoms with E-state index in [1.165, 1.54) is 12.8 Å². The van der Waals surface area contributed by atoms with Crippen LogP contribution in [0.4, 0.5) is 0 Å². The molecule has 86 valence electrons. The van der Waals surface area contributed by atoms with E-state index >= 15 is 0 Å². The lowest BCUT2D eigenvalue weighted by molar-refractivity contribution is 0.107. The Balaban J connectivity index is 1.96. The maximum atomic E-state index is 11.0. The number of carbonyl (C=O) groups is 1. The summed E-state index contributed by atoms with van der Waals surface area (Å²) in [6, 6.07) is 3.48. The molecule has 0 unspecified atom stereocenters. The van der Waals surface area contributed by atoms with Crippen LogP contribution >= 0.6 is 11.6 Å². The number of halogens is 1. The highest BCUT2D eigenvalue weighted by atomic mass is 35.5. The van der Waals surface area contributed by atoms with Gasteiger partial charge < -0.3 is 4.57 Å². The van der Waals surface area contributed by atoms with Crippen molar-refractivity contribution in [1.29, 1.82) is 0 Å². The second-order valence-corrected chi connectivity index (χ2v) is 4.50. The van der Waals surface area contributed by atoms with Gasteiger partial charge in [0.25, 0.3) is 5.24 Å². The van der Waals surface area contributed by atoms with Gasteiger partial charge in [0.15, 0.2) is 0 Å². The number of pyridine rings is 1. The zero-order valence-electron chi connectivity index (χ0n) is 9.01. The Morgan fingerprint density at radius 2 is 2.24 bits per heavy atom. The zero-order chi connectivity index (χ0) is 11.8. The fraction of sp³-hybridized carbons (Fsp3) is 0.250. The Bertz CT molecular complexity index is 575. The average molecular weight is 248 g/mol. The summed E-state index contributed by atoms with van der Waals surface area (Å²) >= 11 is 5.40. The standard InChI is InChI=1S/C12H10ClN3O/c13-12(17)10-5-9(3-4-14-10)16-6-11(15-7-16)8-1-2-8/h3-8H,1-2H2. The summed E-state index contributed by atoms with van der Waals surface area (Å²) in [4.78, 5) is 19.3. The van der Waals surface area contributed by atoms with E-state index in [1.807, 2.05) is 16.8 Å². The van der Waals surface area contributed by atoms with Gasteiger partial charge in [-0.3, -0.25) is 9.78 Å². The molecule has 2 aromatic heterocycles. The van der Waals surface area contributed by atoms with Crippen LogP contribution in [0.2, 0.25) is 0 Å². The lowest BCUT2D eigenvalue weighted by atomic mass is 10.3. The first-order chi connectivity index (χ1) is 8.24. The monoisotopic (exact) mass is 247 g/mol. The molecule has 1 aliphatic carbocycles. The molecule has 4 nitrogen and oxygen atoms in total. The van der Waals surface area contributed by atoms with Gasteiger partial charge >= 0.3 is 0 Å². The van der Waals surface area contributed by atoms with Crippen molar-refractivity contribution in [2.24, 2.45) is 0 Å². The number of hydrogen-bond donors (Lipinski definition) is 0. The molecule has 0 aromatic carbocycles. The molecule has 0 radical (unpaired) electrons. The average Bonchev–Trinajstić information content (AvgIpc) is 3.07. The number of rotatable bonds is 3. The van der Waals surface area contributed by atoms with E-state index in [-0.39, 0.29) is 5.69 Å². The van der Waals surface area contributed by atoms with Crippen molar-refractivity contribution in [3.63, 3.8) is 0 Å². The van der Waals surface area contributed by atoms with E-state index in [2.05, 4.69) is 9.97 Å². The first-order valence-electron chi connectivity index (χ1n) is 5.44. The molecule has 1 saturated carbocycles. The van der Waals surface area contributed by atoms with Crippen LogP contribution in [0, 0.1) is 0 Å². The molecule has 1 aliphatic rings. The highest BCUT2D eigenvalue weighted by Crippen LogP contribution is 2.39. The Kier molecular flexibility index (Phi) is 2.44. The van der Waals surface area contributed by atoms with E-state index in [0.29, 0.717) is 5.92 Å². The molecule has 0 bridgehead atoms. The summed E-state index contributed by atoms with van der Waals surface area (Å²) in [6.07, 6.45) is 7.76. The van der Waals surface area contributed by atoms with Crippen LogP contribution < -0.4 is 0 Å². The molecule has 2 heterocycles. The minimum Gasteiger partial charge on any atom is -0.306 e. The first kappa shape index (κ1) is 10.5. The quantitative estimate of drug-likeness (QED) is 0.783. The highest BCUT2D eigenvalue weighted by Gasteiger charge is 2.25. The van der Waals surface area contributed by atoms with Gasteiger partial charge in [-0.1, -0.05) is 0 Å². The summed E-state index contributed by atoms with van der Waals surface area (Å²) < 4.78 is 1.89. The maximum Gasteiger partial charge on any atom is 0.270 e. The van der Waals surface area contributed by atoms with E-state index < -0.39 is 5.24 Å². The highest BCUT2D eigenvalue weighted by molar-refractivity contribution is 6.67. The van der Waals surface area contributed by atoms with Crippen molar-refractivity contribution in [1.82, 2.24) is 14.5 Å². The molecule has 3 rings (SSSR count). The predicted octanol–water partition coefficient (Wildman–Crippen LogP) is 2.52. The predicted molar refractivity (Wildman–Crippen MR) is 63.5 cm³/mol. The van der Waals surface area contributed by atoms with Gasteiger partial charge in [0.05, 0.1) is 17.7 Å². The van der Waals surface area contributed by atoms with Crippen LogP contribution in [-0.4, -0.2) is 19.8 Å². The summed E-state index contributed by atoms with van der Waals surface area (Å²) in [7, 11) is 0. The Morgan fingerprint density at radius 1 is 1.41 bits per heavy atom. The van der Waals surface area contributed by atoms with Crippen LogP contribution in [0.25, 0.3) is 5.69 Å². The smallest absolute Gasteiger partial charge is 0.270 e. The fourth-order valence-electron chi connectivity index (χ4n) is 1.76. The molecule has 0 atom stereocenters. The molecular formula is C12H10ClN3O. The molecule has 5 heteroatoms. The largest absolute Gasteiger partial charge is 0.306 e. The molecule has 17 heavy (non-hydrogen) atoms. The summed E-state index contributed by atoms with van der Waals surface area (Å²) in [5.74, 6) is 0.618. The Hall–Kier alpha value is -1.68. The zero-order valence-corrected chi connectivity index (χ0v) is 9.76. The topological polar surface area (TPSA) is 47.8 Å². The number of nitrogens with zero attached hydrogens (tertiary/aromatic N) is 3. The molecule has 0 aliphatic heterocycles. The molecule has 0 spiro atoms. The number of hydrogen-bond acceptors (Lipinski definition) is 3. The molecule has 0 amide bonds. The van der Waals surface area contributed by atoms with Crippen LogP contribution in [0.5, 0.6) is 0 Å². The van der Waals surface area contributed by atoms with E-state index in [1.54, 1.807) is 18.6 Å². The molecule has 0 N–H and O–H groups in total. The summed E-state index contributed by atoms with van der Waals surface area (Å²) in [6.45, 7) is 0. The molecule has 0 saturated heterocycles. The van der Waals surface area contributed by atoms with Gasteiger partial charge in [-0.05, 0) is 36.6 Å². The molecule has 2 aromatic rings. The van der Waals surface area contributed by atoms with Gasteiger partial charge in [0.1, 0.15) is 5.69 Å². The Labute approximate surface area is 103 Å². The van der Waals surface area contributed by atoms with E-state index in [0.717, 1.165) is 11.4 Å². The summed E-state index contributed by atoms with van der Waals surface area (Å²) in [5.41, 5.74) is 2.22. The third-order valence-electron chi connectivity index (χ3n) is 2.84. The van der Waals surface area contributed by atoms with Crippen molar-refractivity contribution in [3.05, 3.63) is 42.2 Å². The lowest BCUT2D eigenvalue weighted by Gasteiger charge is -2.02. The fourth-order valence-corrected chi connectivity index (χ4v) is 1.86. The van der Waals surface area contributed by atoms with Crippen LogP contribution in [-0.2, 0) is 0 Å². The van der Waals surface area contributed by atoms with Crippen LogP contribution in [0.3, 0.4) is 0 Å². The minimum absolute atomic E-state index is 0.255. The van der Waals surface area contributed by atoms with Gasteiger partial charge in [0.2, 0.25) is 0 Å². The molecule has 1 fully saturated rings. The number of imidazole rings is 1. The van der Waals surface area contributed by atoms with Crippen molar-refractivity contribution in [3.8, 4) is 5.69 Å². The van der Waals surface area contributed by atoms with Gasteiger partial charge in [-0.15, -0.1) is 0 Å². The van der Waals surface area contributed by atoms with E-state index in [9.17, 15) is 4.79 Å². The van der Waals surface area contributed by atoms with Gasteiger partial charge in [0, 0.05) is 18.3 Å².